The predicted molar refractivity (Wildman–Crippen MR) is 72.0 cm³/mol. The summed E-state index contributed by atoms with van der Waals surface area (Å²) in [6.07, 6.45) is 5.17. The van der Waals surface area contributed by atoms with Crippen molar-refractivity contribution in [2.45, 2.75) is 50.4 Å². The number of hydrogen-bond acceptors (Lipinski definition) is 3. The largest absolute Gasteiger partial charge is 0.300 e. The minimum absolute atomic E-state index is 0.530. The quantitative estimate of drug-likeness (QED) is 0.825. The molecule has 3 heteroatoms. The van der Waals surface area contributed by atoms with Gasteiger partial charge in [-0.3, -0.25) is 4.84 Å². The van der Waals surface area contributed by atoms with Crippen LogP contribution in [0.5, 0.6) is 0 Å². The molecule has 98 valence electrons. The van der Waals surface area contributed by atoms with Crippen molar-refractivity contribution >= 4 is 0 Å². The summed E-state index contributed by atoms with van der Waals surface area (Å²) in [4.78, 5) is 8.20. The molecular weight excluding hydrogens is 224 g/mol. The highest BCUT2D eigenvalue weighted by Crippen LogP contribution is 2.34. The van der Waals surface area contributed by atoms with E-state index in [9.17, 15) is 0 Å². The highest BCUT2D eigenvalue weighted by molar-refractivity contribution is 5.13. The van der Waals surface area contributed by atoms with Crippen molar-refractivity contribution in [3.8, 4) is 0 Å². The highest BCUT2D eigenvalue weighted by Gasteiger charge is 2.38. The number of rotatable bonds is 4. The second-order valence-electron chi connectivity index (χ2n) is 5.61. The molecule has 0 saturated carbocycles. The zero-order chi connectivity index (χ0) is 12.4. The van der Waals surface area contributed by atoms with Gasteiger partial charge in [0.05, 0.1) is 6.61 Å². The van der Waals surface area contributed by atoms with Crippen LogP contribution in [-0.4, -0.2) is 30.1 Å². The van der Waals surface area contributed by atoms with E-state index in [1.807, 2.05) is 6.07 Å². The summed E-state index contributed by atoms with van der Waals surface area (Å²) < 4.78 is 0. The number of piperidine rings is 1. The molecule has 0 aliphatic carbocycles. The van der Waals surface area contributed by atoms with E-state index >= 15 is 0 Å². The van der Waals surface area contributed by atoms with E-state index in [1.54, 1.807) is 0 Å². The molecule has 0 amide bonds. The van der Waals surface area contributed by atoms with Crippen molar-refractivity contribution < 1.29 is 4.84 Å². The molecule has 2 saturated heterocycles. The van der Waals surface area contributed by atoms with E-state index < -0.39 is 0 Å². The maximum absolute atomic E-state index is 5.65. The van der Waals surface area contributed by atoms with Crippen molar-refractivity contribution in [1.29, 1.82) is 0 Å². The zero-order valence-electron chi connectivity index (χ0n) is 11.0. The van der Waals surface area contributed by atoms with Gasteiger partial charge in [-0.2, -0.15) is 5.48 Å². The molecule has 2 aliphatic heterocycles. The van der Waals surface area contributed by atoms with Crippen LogP contribution < -0.4 is 5.48 Å². The first-order valence-corrected chi connectivity index (χ1v) is 6.96. The first-order valence-electron chi connectivity index (χ1n) is 6.96. The maximum Gasteiger partial charge on any atom is 0.0933 e. The summed E-state index contributed by atoms with van der Waals surface area (Å²) in [5, 5.41) is 0. The van der Waals surface area contributed by atoms with Crippen molar-refractivity contribution in [2.24, 2.45) is 0 Å². The highest BCUT2D eigenvalue weighted by atomic mass is 16.6. The number of fused-ring (bicyclic) bond motifs is 2. The van der Waals surface area contributed by atoms with E-state index in [2.05, 4.69) is 41.7 Å². The predicted octanol–water partition coefficient (Wildman–Crippen LogP) is 2.33. The number of nitrogens with zero attached hydrogens (tertiary/aromatic N) is 1. The Morgan fingerprint density at radius 1 is 1.17 bits per heavy atom. The second kappa shape index (κ2) is 5.39. The summed E-state index contributed by atoms with van der Waals surface area (Å²) in [7, 11) is 2.27. The van der Waals surface area contributed by atoms with E-state index in [0.717, 1.165) is 12.1 Å². The minimum Gasteiger partial charge on any atom is -0.300 e. The van der Waals surface area contributed by atoms with E-state index in [0.29, 0.717) is 12.6 Å². The Balaban J connectivity index is 1.45. The van der Waals surface area contributed by atoms with Crippen molar-refractivity contribution in [2.75, 3.05) is 7.05 Å². The molecule has 3 nitrogen and oxygen atoms in total. The Morgan fingerprint density at radius 2 is 1.83 bits per heavy atom. The van der Waals surface area contributed by atoms with Gasteiger partial charge in [-0.25, -0.2) is 0 Å². The Labute approximate surface area is 109 Å². The Kier molecular flexibility index (Phi) is 3.64. The topological polar surface area (TPSA) is 24.5 Å². The summed E-state index contributed by atoms with van der Waals surface area (Å²) in [5.41, 5.74) is 4.49. The number of benzene rings is 1. The van der Waals surface area contributed by atoms with Crippen LogP contribution >= 0.6 is 0 Å². The van der Waals surface area contributed by atoms with Crippen LogP contribution in [0, 0.1) is 0 Å². The molecular formula is C15H22N2O. The summed E-state index contributed by atoms with van der Waals surface area (Å²) in [6.45, 7) is 0.655. The van der Waals surface area contributed by atoms with E-state index in [-0.39, 0.29) is 0 Å². The Bertz CT molecular complexity index is 367. The first-order chi connectivity index (χ1) is 8.83. The Hall–Kier alpha value is -0.900. The van der Waals surface area contributed by atoms with Crippen molar-refractivity contribution in [3.05, 3.63) is 35.9 Å². The van der Waals surface area contributed by atoms with Crippen LogP contribution in [0.1, 0.15) is 31.2 Å². The molecule has 2 aliphatic rings. The van der Waals surface area contributed by atoms with Crippen LogP contribution in [0.3, 0.4) is 0 Å². The van der Waals surface area contributed by atoms with Gasteiger partial charge in [-0.15, -0.1) is 0 Å². The first kappa shape index (κ1) is 12.2. The van der Waals surface area contributed by atoms with Crippen LogP contribution in [0.15, 0.2) is 30.3 Å². The molecule has 0 spiro atoms. The summed E-state index contributed by atoms with van der Waals surface area (Å²) in [6, 6.07) is 12.4. The fourth-order valence-corrected chi connectivity index (χ4v) is 3.32. The van der Waals surface area contributed by atoms with Gasteiger partial charge in [0, 0.05) is 18.1 Å². The van der Waals surface area contributed by atoms with Crippen LogP contribution in [0.4, 0.5) is 0 Å². The van der Waals surface area contributed by atoms with Gasteiger partial charge in [0.15, 0.2) is 0 Å². The second-order valence-corrected chi connectivity index (χ2v) is 5.61. The van der Waals surface area contributed by atoms with E-state index in [4.69, 9.17) is 4.84 Å². The minimum atomic E-state index is 0.530. The molecule has 0 radical (unpaired) electrons. The van der Waals surface area contributed by atoms with Crippen molar-refractivity contribution in [1.82, 2.24) is 10.4 Å². The molecule has 2 unspecified atom stereocenters. The number of hydrogen-bond donors (Lipinski definition) is 1. The van der Waals surface area contributed by atoms with Gasteiger partial charge in [-0.05, 0) is 38.3 Å². The molecule has 1 aromatic carbocycles. The lowest BCUT2D eigenvalue weighted by Gasteiger charge is -2.36. The maximum atomic E-state index is 5.65. The molecule has 1 N–H and O–H groups in total. The molecule has 2 heterocycles. The lowest BCUT2D eigenvalue weighted by Crippen LogP contribution is -2.47. The molecule has 3 rings (SSSR count). The van der Waals surface area contributed by atoms with E-state index in [1.165, 1.54) is 31.2 Å². The molecule has 0 aromatic heterocycles. The third-order valence-electron chi connectivity index (χ3n) is 4.43. The van der Waals surface area contributed by atoms with Gasteiger partial charge >= 0.3 is 0 Å². The lowest BCUT2D eigenvalue weighted by molar-refractivity contribution is -0.0200. The number of hydroxylamine groups is 1. The molecule has 18 heavy (non-hydrogen) atoms. The molecule has 2 fully saturated rings. The van der Waals surface area contributed by atoms with Gasteiger partial charge in [0.1, 0.15) is 0 Å². The third-order valence-corrected chi connectivity index (χ3v) is 4.43. The van der Waals surface area contributed by atoms with Gasteiger partial charge in [-0.1, -0.05) is 30.3 Å². The standard InChI is InChI=1S/C15H22N2O/c1-17-14-7-8-15(17)10-13(9-14)16-18-11-12-5-3-2-4-6-12/h2-6,13-16H,7-11H2,1H3. The Morgan fingerprint density at radius 3 is 2.50 bits per heavy atom. The van der Waals surface area contributed by atoms with Gasteiger partial charge < -0.3 is 4.90 Å². The monoisotopic (exact) mass is 246 g/mol. The lowest BCUT2D eigenvalue weighted by atomic mass is 9.99. The van der Waals surface area contributed by atoms with Crippen molar-refractivity contribution in [3.63, 3.8) is 0 Å². The number of nitrogens with one attached hydrogen (secondary N) is 1. The smallest absolute Gasteiger partial charge is 0.0933 e. The van der Waals surface area contributed by atoms with Crippen LogP contribution in [-0.2, 0) is 11.4 Å². The fourth-order valence-electron chi connectivity index (χ4n) is 3.32. The summed E-state index contributed by atoms with van der Waals surface area (Å²) >= 11 is 0. The average molecular weight is 246 g/mol. The zero-order valence-corrected chi connectivity index (χ0v) is 11.0. The van der Waals surface area contributed by atoms with Gasteiger partial charge in [0.25, 0.3) is 0 Å². The average Bonchev–Trinajstić information content (AvgIpc) is 2.64. The summed E-state index contributed by atoms with van der Waals surface area (Å²) in [5.74, 6) is 0. The SMILES string of the molecule is CN1C2CCC1CC(NOCc1ccccc1)C2. The van der Waals surface area contributed by atoms with Gasteiger partial charge in [0.2, 0.25) is 0 Å². The molecule has 1 aromatic rings. The third kappa shape index (κ3) is 2.58. The molecule has 2 bridgehead atoms. The fraction of sp³-hybridized carbons (Fsp3) is 0.600. The molecule has 2 atom stereocenters. The normalized spacial score (nSPS) is 31.7. The van der Waals surface area contributed by atoms with Crippen LogP contribution in [0.25, 0.3) is 0 Å². The van der Waals surface area contributed by atoms with Crippen LogP contribution in [0.2, 0.25) is 0 Å².